The quantitative estimate of drug-likeness (QED) is 0.373. The second-order valence-electron chi connectivity index (χ2n) is 4.96. The van der Waals surface area contributed by atoms with Gasteiger partial charge in [-0.2, -0.15) is 0 Å². The van der Waals surface area contributed by atoms with Crippen molar-refractivity contribution in [2.45, 2.75) is 12.8 Å². The van der Waals surface area contributed by atoms with Crippen molar-refractivity contribution in [2.75, 3.05) is 20.5 Å². The predicted octanol–water partition coefficient (Wildman–Crippen LogP) is 5.66. The highest BCUT2D eigenvalue weighted by Crippen LogP contribution is 2.49. The largest absolute Gasteiger partial charge is 0.296 e. The van der Waals surface area contributed by atoms with Crippen LogP contribution in [-0.4, -0.2) is 11.9 Å². The maximum atomic E-state index is 14.1. The maximum Gasteiger partial charge on any atom is 0.150 e. The minimum absolute atomic E-state index is 0.377. The zero-order valence-electron chi connectivity index (χ0n) is 11.8. The molecule has 0 radical (unpaired) electrons. The normalized spacial score (nSPS) is 13.6. The molecular weight excluding hydrogens is 370 g/mol. The summed E-state index contributed by atoms with van der Waals surface area (Å²) >= 11 is 4.89. The highest BCUT2D eigenvalue weighted by Gasteiger charge is 2.29. The van der Waals surface area contributed by atoms with Gasteiger partial charge in [-0.1, -0.05) is 28.1 Å². The Morgan fingerprint density at radius 2 is 1.73 bits per heavy atom. The molecule has 0 saturated carbocycles. The Labute approximate surface area is 141 Å². The van der Waals surface area contributed by atoms with Gasteiger partial charge in [0.2, 0.25) is 0 Å². The van der Waals surface area contributed by atoms with Gasteiger partial charge in [0.1, 0.15) is 5.82 Å². The molecule has 2 aromatic carbocycles. The van der Waals surface area contributed by atoms with Gasteiger partial charge in [-0.25, -0.2) is 8.78 Å². The number of hydrogen-bond donors (Lipinski definition) is 0. The van der Waals surface area contributed by atoms with E-state index in [0.29, 0.717) is 5.69 Å². The van der Waals surface area contributed by atoms with Crippen molar-refractivity contribution < 1.29 is 8.78 Å². The molecule has 1 aliphatic rings. The van der Waals surface area contributed by atoms with Crippen LogP contribution in [0.3, 0.4) is 0 Å². The standard InChI is InChI=1S/C16H15BrF2N2S/c17-9-3-4-10-20-15-5-1-2-6-16(15)21(22-20)14-8-7-12(18)11-13(14)19/h1-2,5-8,11H,3-4,9-10H2. The van der Waals surface area contributed by atoms with Crippen LogP contribution in [0.4, 0.5) is 25.8 Å². The molecule has 6 heteroatoms. The van der Waals surface area contributed by atoms with E-state index >= 15 is 0 Å². The summed E-state index contributed by atoms with van der Waals surface area (Å²) in [4.78, 5) is 0. The van der Waals surface area contributed by atoms with E-state index in [1.54, 1.807) is 0 Å². The Hall–Kier alpha value is -1.27. The minimum Gasteiger partial charge on any atom is -0.296 e. The smallest absolute Gasteiger partial charge is 0.150 e. The molecule has 116 valence electrons. The fourth-order valence-electron chi connectivity index (χ4n) is 2.36. The monoisotopic (exact) mass is 384 g/mol. The number of fused-ring (bicyclic) bond motifs is 1. The fourth-order valence-corrected chi connectivity index (χ4v) is 3.89. The van der Waals surface area contributed by atoms with Crippen molar-refractivity contribution in [1.29, 1.82) is 0 Å². The fraction of sp³-hybridized carbons (Fsp3) is 0.250. The molecule has 0 fully saturated rings. The Bertz CT molecular complexity index is 668. The van der Waals surface area contributed by atoms with Crippen molar-refractivity contribution in [3.8, 4) is 0 Å². The predicted molar refractivity (Wildman–Crippen MR) is 92.9 cm³/mol. The molecule has 2 nitrogen and oxygen atoms in total. The van der Waals surface area contributed by atoms with Gasteiger partial charge in [0, 0.05) is 17.9 Å². The molecule has 0 bridgehead atoms. The van der Waals surface area contributed by atoms with Gasteiger partial charge in [0.25, 0.3) is 0 Å². The molecule has 1 heterocycles. The summed E-state index contributed by atoms with van der Waals surface area (Å²) in [6.07, 6.45) is 2.14. The third-order valence-corrected chi connectivity index (χ3v) is 5.12. The van der Waals surface area contributed by atoms with Crippen LogP contribution in [-0.2, 0) is 0 Å². The summed E-state index contributed by atoms with van der Waals surface area (Å²) in [6, 6.07) is 11.6. The number of para-hydroxylation sites is 2. The molecule has 0 unspecified atom stereocenters. The zero-order chi connectivity index (χ0) is 15.5. The molecule has 3 rings (SSSR count). The van der Waals surface area contributed by atoms with Gasteiger partial charge < -0.3 is 0 Å². The first kappa shape index (κ1) is 15.6. The molecule has 22 heavy (non-hydrogen) atoms. The van der Waals surface area contributed by atoms with E-state index in [-0.39, 0.29) is 0 Å². The van der Waals surface area contributed by atoms with Gasteiger partial charge in [-0.05, 0) is 37.1 Å². The molecular formula is C16H15BrF2N2S. The second-order valence-corrected chi connectivity index (χ2v) is 6.72. The number of rotatable bonds is 5. The van der Waals surface area contributed by atoms with Crippen LogP contribution >= 0.6 is 28.1 Å². The summed E-state index contributed by atoms with van der Waals surface area (Å²) in [6.45, 7) is 0.882. The number of alkyl halides is 1. The lowest BCUT2D eigenvalue weighted by Crippen LogP contribution is -2.15. The Morgan fingerprint density at radius 3 is 2.45 bits per heavy atom. The average molecular weight is 385 g/mol. The van der Waals surface area contributed by atoms with Crippen molar-refractivity contribution in [3.63, 3.8) is 0 Å². The Kier molecular flexibility index (Phi) is 4.88. The van der Waals surface area contributed by atoms with E-state index in [0.717, 1.165) is 42.2 Å². The zero-order valence-corrected chi connectivity index (χ0v) is 14.2. The number of nitrogens with zero attached hydrogens (tertiary/aromatic N) is 2. The lowest BCUT2D eigenvalue weighted by Gasteiger charge is -2.19. The number of hydrogen-bond acceptors (Lipinski definition) is 3. The number of halogens is 3. The lowest BCUT2D eigenvalue weighted by atomic mass is 10.2. The van der Waals surface area contributed by atoms with E-state index in [1.165, 1.54) is 24.3 Å². The van der Waals surface area contributed by atoms with Crippen LogP contribution in [0.2, 0.25) is 0 Å². The topological polar surface area (TPSA) is 6.48 Å². The van der Waals surface area contributed by atoms with Gasteiger partial charge in [0.15, 0.2) is 5.82 Å². The van der Waals surface area contributed by atoms with E-state index < -0.39 is 11.6 Å². The maximum absolute atomic E-state index is 14.1. The minimum atomic E-state index is -0.562. The van der Waals surface area contributed by atoms with E-state index in [1.807, 2.05) is 28.6 Å². The lowest BCUT2D eigenvalue weighted by molar-refractivity contribution is 0.585. The van der Waals surface area contributed by atoms with Crippen molar-refractivity contribution in [3.05, 3.63) is 54.1 Å². The third kappa shape index (κ3) is 3.08. The van der Waals surface area contributed by atoms with Crippen LogP contribution in [0.15, 0.2) is 42.5 Å². The van der Waals surface area contributed by atoms with Crippen molar-refractivity contribution >= 4 is 45.1 Å². The molecule has 2 aromatic rings. The van der Waals surface area contributed by atoms with Crippen LogP contribution in [0.25, 0.3) is 0 Å². The molecule has 0 aromatic heterocycles. The van der Waals surface area contributed by atoms with E-state index in [4.69, 9.17) is 0 Å². The summed E-state index contributed by atoms with van der Waals surface area (Å²) in [5.74, 6) is -1.11. The first-order valence-electron chi connectivity index (χ1n) is 7.06. The van der Waals surface area contributed by atoms with Gasteiger partial charge >= 0.3 is 0 Å². The van der Waals surface area contributed by atoms with E-state index in [9.17, 15) is 8.78 Å². The van der Waals surface area contributed by atoms with Gasteiger partial charge in [-0.15, -0.1) is 0 Å². The summed E-state index contributed by atoms with van der Waals surface area (Å²) in [5, 5.41) is 0.976. The van der Waals surface area contributed by atoms with Crippen LogP contribution < -0.4 is 8.61 Å². The van der Waals surface area contributed by atoms with Gasteiger partial charge in [0.05, 0.1) is 29.2 Å². The summed E-state index contributed by atoms with van der Waals surface area (Å²) < 4.78 is 31.2. The number of anilines is 3. The summed E-state index contributed by atoms with van der Waals surface area (Å²) in [5.41, 5.74) is 2.37. The van der Waals surface area contributed by atoms with Crippen LogP contribution in [0.5, 0.6) is 0 Å². The third-order valence-electron chi connectivity index (χ3n) is 3.42. The van der Waals surface area contributed by atoms with Crippen LogP contribution in [0.1, 0.15) is 12.8 Å². The molecule has 0 atom stereocenters. The van der Waals surface area contributed by atoms with Gasteiger partial charge in [-0.3, -0.25) is 8.61 Å². The molecule has 0 aliphatic carbocycles. The molecule has 0 N–H and O–H groups in total. The van der Waals surface area contributed by atoms with Crippen molar-refractivity contribution in [1.82, 2.24) is 0 Å². The van der Waals surface area contributed by atoms with Crippen molar-refractivity contribution in [2.24, 2.45) is 0 Å². The highest BCUT2D eigenvalue weighted by molar-refractivity contribution is 9.09. The first-order chi connectivity index (χ1) is 10.7. The second kappa shape index (κ2) is 6.87. The van der Waals surface area contributed by atoms with E-state index in [2.05, 4.69) is 20.2 Å². The average Bonchev–Trinajstić information content (AvgIpc) is 2.87. The SMILES string of the molecule is Fc1ccc(N2SN(CCCCBr)c3ccccc32)c(F)c1. The first-order valence-corrected chi connectivity index (χ1v) is 8.91. The van der Waals surface area contributed by atoms with Crippen LogP contribution in [0, 0.1) is 11.6 Å². The number of benzene rings is 2. The summed E-state index contributed by atoms with van der Waals surface area (Å²) in [7, 11) is 0. The highest BCUT2D eigenvalue weighted by atomic mass is 79.9. The Balaban J connectivity index is 1.90. The Morgan fingerprint density at radius 1 is 0.955 bits per heavy atom. The molecule has 0 amide bonds. The molecule has 0 saturated heterocycles. The molecule has 1 aliphatic heterocycles. The number of unbranched alkanes of at least 4 members (excludes halogenated alkanes) is 1. The molecule has 0 spiro atoms.